The van der Waals surface area contributed by atoms with E-state index >= 15 is 0 Å². The maximum atomic E-state index is 13.1. The van der Waals surface area contributed by atoms with Gasteiger partial charge in [0.2, 0.25) is 10.0 Å². The Bertz CT molecular complexity index is 635. The molecule has 1 aromatic carbocycles. The molecule has 1 aromatic rings. The molecule has 0 unspecified atom stereocenters. The van der Waals surface area contributed by atoms with E-state index in [0.717, 1.165) is 16.4 Å². The van der Waals surface area contributed by atoms with Gasteiger partial charge in [0.05, 0.1) is 11.3 Å². The van der Waals surface area contributed by atoms with Crippen LogP contribution in [0.2, 0.25) is 0 Å². The minimum atomic E-state index is -3.90. The largest absolute Gasteiger partial charge is 0.481 e. The van der Waals surface area contributed by atoms with Crippen molar-refractivity contribution in [2.75, 3.05) is 6.54 Å². The summed E-state index contributed by atoms with van der Waals surface area (Å²) in [5, 5.41) is 8.78. The molecule has 21 heavy (non-hydrogen) atoms. The first-order chi connectivity index (χ1) is 9.46. The number of hydrogen-bond donors (Lipinski definition) is 1. The Morgan fingerprint density at radius 3 is 2.33 bits per heavy atom. The van der Waals surface area contributed by atoms with E-state index in [2.05, 4.69) is 0 Å². The molecule has 7 heteroatoms. The molecule has 0 saturated carbocycles. The average Bonchev–Trinajstić information content (AvgIpc) is 2.25. The molecular weight excluding hydrogens is 297 g/mol. The first-order valence-corrected chi connectivity index (χ1v) is 7.91. The number of aliphatic carboxylic acids is 1. The highest BCUT2D eigenvalue weighted by Crippen LogP contribution is 2.27. The minimum absolute atomic E-state index is 0.00999. The summed E-state index contributed by atoms with van der Waals surface area (Å²) in [5.74, 6) is -1.59. The van der Waals surface area contributed by atoms with E-state index < -0.39 is 27.3 Å². The molecule has 1 N–H and O–H groups in total. The van der Waals surface area contributed by atoms with Gasteiger partial charge in [-0.15, -0.1) is 0 Å². The number of carboxylic acid groups (broad SMARTS) is 1. The molecular formula is C14H20FNO4S. The number of carboxylic acids is 1. The van der Waals surface area contributed by atoms with Crippen LogP contribution in [0.3, 0.4) is 0 Å². The van der Waals surface area contributed by atoms with Crippen molar-refractivity contribution in [3.8, 4) is 0 Å². The highest BCUT2D eigenvalue weighted by atomic mass is 32.2. The fourth-order valence-electron chi connectivity index (χ4n) is 2.03. The second kappa shape index (κ2) is 6.11. The van der Waals surface area contributed by atoms with Gasteiger partial charge in [0.1, 0.15) is 5.82 Å². The summed E-state index contributed by atoms with van der Waals surface area (Å²) in [4.78, 5) is 10.7. The number of carbonyl (C=O) groups is 1. The van der Waals surface area contributed by atoms with Gasteiger partial charge in [0.15, 0.2) is 0 Å². The number of rotatable bonds is 5. The summed E-state index contributed by atoms with van der Waals surface area (Å²) in [5.41, 5.74) is -0.491. The summed E-state index contributed by atoms with van der Waals surface area (Å²) >= 11 is 0. The van der Waals surface area contributed by atoms with Crippen LogP contribution >= 0.6 is 0 Å². The molecule has 0 amide bonds. The van der Waals surface area contributed by atoms with Crippen LogP contribution in [0.4, 0.5) is 4.39 Å². The van der Waals surface area contributed by atoms with Gasteiger partial charge >= 0.3 is 5.97 Å². The molecule has 0 aliphatic carbocycles. The molecule has 5 nitrogen and oxygen atoms in total. The molecule has 0 heterocycles. The number of nitrogens with zero attached hydrogens (tertiary/aromatic N) is 1. The number of aryl methyl sites for hydroxylation is 1. The number of sulfonamides is 1. The van der Waals surface area contributed by atoms with E-state index in [1.807, 2.05) is 0 Å². The molecule has 0 spiro atoms. The number of halogens is 1. The minimum Gasteiger partial charge on any atom is -0.481 e. The Hall–Kier alpha value is -1.47. The molecule has 0 bridgehead atoms. The Balaban J connectivity index is 3.30. The summed E-state index contributed by atoms with van der Waals surface area (Å²) in [6.07, 6.45) is -0.295. The molecule has 0 aliphatic heterocycles. The summed E-state index contributed by atoms with van der Waals surface area (Å²) in [6, 6.07) is 3.43. The number of benzene rings is 1. The van der Waals surface area contributed by atoms with Crippen molar-refractivity contribution in [3.63, 3.8) is 0 Å². The van der Waals surface area contributed by atoms with Gasteiger partial charge in [-0.05, 0) is 51.5 Å². The van der Waals surface area contributed by atoms with Crippen molar-refractivity contribution in [3.05, 3.63) is 29.6 Å². The third-order valence-electron chi connectivity index (χ3n) is 2.98. The second-order valence-corrected chi connectivity index (χ2v) is 7.63. The Labute approximate surface area is 124 Å². The lowest BCUT2D eigenvalue weighted by Gasteiger charge is -2.34. The zero-order chi connectivity index (χ0) is 16.4. The van der Waals surface area contributed by atoms with Gasteiger partial charge in [-0.1, -0.05) is 0 Å². The zero-order valence-corrected chi connectivity index (χ0v) is 13.4. The van der Waals surface area contributed by atoms with Crippen LogP contribution in [0.15, 0.2) is 23.1 Å². The van der Waals surface area contributed by atoms with Crippen molar-refractivity contribution < 1.29 is 22.7 Å². The lowest BCUT2D eigenvalue weighted by Crippen LogP contribution is -2.46. The topological polar surface area (TPSA) is 74.7 Å². The lowest BCUT2D eigenvalue weighted by atomic mass is 10.1. The van der Waals surface area contributed by atoms with Gasteiger partial charge in [-0.2, -0.15) is 4.31 Å². The average molecular weight is 317 g/mol. The third kappa shape index (κ3) is 4.25. The van der Waals surface area contributed by atoms with Gasteiger partial charge in [-0.3, -0.25) is 4.79 Å². The van der Waals surface area contributed by atoms with Crippen molar-refractivity contribution in [1.82, 2.24) is 4.31 Å². The predicted octanol–water partition coefficient (Wildman–Crippen LogP) is 2.40. The normalized spacial score (nSPS) is 12.7. The monoisotopic (exact) mass is 317 g/mol. The first-order valence-electron chi connectivity index (χ1n) is 6.47. The van der Waals surface area contributed by atoms with E-state index in [1.54, 1.807) is 20.8 Å². The second-order valence-electron chi connectivity index (χ2n) is 5.80. The van der Waals surface area contributed by atoms with Crippen molar-refractivity contribution in [2.24, 2.45) is 0 Å². The lowest BCUT2D eigenvalue weighted by molar-refractivity contribution is -0.137. The fourth-order valence-corrected chi connectivity index (χ4v) is 4.03. The smallest absolute Gasteiger partial charge is 0.304 e. The Kier molecular flexibility index (Phi) is 5.11. The molecule has 0 aliphatic rings. The zero-order valence-electron chi connectivity index (χ0n) is 12.6. The fraction of sp³-hybridized carbons (Fsp3) is 0.500. The maximum Gasteiger partial charge on any atom is 0.304 e. The van der Waals surface area contributed by atoms with E-state index in [4.69, 9.17) is 5.11 Å². The van der Waals surface area contributed by atoms with Crippen molar-refractivity contribution in [2.45, 2.75) is 44.6 Å². The van der Waals surface area contributed by atoms with Gasteiger partial charge < -0.3 is 5.11 Å². The van der Waals surface area contributed by atoms with Crippen LogP contribution in [-0.4, -0.2) is 35.9 Å². The highest BCUT2D eigenvalue weighted by molar-refractivity contribution is 7.89. The standard InChI is InChI=1S/C14H20FNO4S/c1-10-9-11(15)5-6-12(10)21(19,20)16(14(2,3)4)8-7-13(17)18/h5-6,9H,7-8H2,1-4H3,(H,17,18). The van der Waals surface area contributed by atoms with Crippen LogP contribution < -0.4 is 0 Å². The van der Waals surface area contributed by atoms with Crippen LogP contribution in [0.25, 0.3) is 0 Å². The van der Waals surface area contributed by atoms with E-state index in [9.17, 15) is 17.6 Å². The van der Waals surface area contributed by atoms with Crippen molar-refractivity contribution in [1.29, 1.82) is 0 Å². The Morgan fingerprint density at radius 2 is 1.90 bits per heavy atom. The first kappa shape index (κ1) is 17.6. The van der Waals surface area contributed by atoms with Gasteiger partial charge in [0, 0.05) is 12.1 Å². The van der Waals surface area contributed by atoms with Crippen molar-refractivity contribution >= 4 is 16.0 Å². The van der Waals surface area contributed by atoms with Crippen LogP contribution in [0.1, 0.15) is 32.8 Å². The molecule has 0 saturated heterocycles. The summed E-state index contributed by atoms with van der Waals surface area (Å²) in [6.45, 7) is 6.42. The Morgan fingerprint density at radius 1 is 1.33 bits per heavy atom. The van der Waals surface area contributed by atoms with Crippen LogP contribution in [0.5, 0.6) is 0 Å². The number of hydrogen-bond acceptors (Lipinski definition) is 3. The van der Waals surface area contributed by atoms with Crippen LogP contribution in [0, 0.1) is 12.7 Å². The molecule has 0 fully saturated rings. The molecule has 0 aromatic heterocycles. The van der Waals surface area contributed by atoms with Crippen LogP contribution in [-0.2, 0) is 14.8 Å². The maximum absolute atomic E-state index is 13.1. The predicted molar refractivity (Wildman–Crippen MR) is 77.0 cm³/mol. The third-order valence-corrected chi connectivity index (χ3v) is 5.31. The van der Waals surface area contributed by atoms with Gasteiger partial charge in [0.25, 0.3) is 0 Å². The molecule has 0 radical (unpaired) electrons. The SMILES string of the molecule is Cc1cc(F)ccc1S(=O)(=O)N(CCC(=O)O)C(C)(C)C. The van der Waals surface area contributed by atoms with E-state index in [1.165, 1.54) is 13.0 Å². The molecule has 1 rings (SSSR count). The molecule has 0 atom stereocenters. The summed E-state index contributed by atoms with van der Waals surface area (Å²) in [7, 11) is -3.90. The molecule has 118 valence electrons. The van der Waals surface area contributed by atoms with Gasteiger partial charge in [-0.25, -0.2) is 12.8 Å². The van der Waals surface area contributed by atoms with E-state index in [-0.39, 0.29) is 17.9 Å². The highest BCUT2D eigenvalue weighted by Gasteiger charge is 2.35. The van der Waals surface area contributed by atoms with E-state index in [0.29, 0.717) is 5.56 Å². The quantitative estimate of drug-likeness (QED) is 0.905. The summed E-state index contributed by atoms with van der Waals surface area (Å²) < 4.78 is 39.7.